The van der Waals surface area contributed by atoms with E-state index in [9.17, 15) is 9.59 Å². The molecule has 0 atom stereocenters. The van der Waals surface area contributed by atoms with Crippen molar-refractivity contribution in [1.82, 2.24) is 10.2 Å². The Morgan fingerprint density at radius 3 is 2.70 bits per heavy atom. The second-order valence-corrected chi connectivity index (χ2v) is 2.22. The van der Waals surface area contributed by atoms with E-state index in [0.717, 1.165) is 0 Å². The Labute approximate surface area is 58.5 Å². The number of hydrogen-bond donors (Lipinski definition) is 1. The third kappa shape index (κ3) is 1.00. The predicted octanol–water partition coefficient (Wildman–Crippen LogP) is -0.912. The van der Waals surface area contributed by atoms with Crippen LogP contribution in [0, 0.1) is 0 Å². The van der Waals surface area contributed by atoms with Crippen molar-refractivity contribution in [1.29, 1.82) is 0 Å². The van der Waals surface area contributed by atoms with Crippen LogP contribution in [0.25, 0.3) is 0 Å². The van der Waals surface area contributed by atoms with Crippen molar-refractivity contribution < 1.29 is 9.59 Å². The fourth-order valence-corrected chi connectivity index (χ4v) is 0.785. The van der Waals surface area contributed by atoms with Crippen molar-refractivity contribution in [3.8, 4) is 0 Å². The predicted molar refractivity (Wildman–Crippen MR) is 34.9 cm³/mol. The zero-order chi connectivity index (χ0) is 7.72. The van der Waals surface area contributed by atoms with Gasteiger partial charge < -0.3 is 10.2 Å². The number of nitrogens with one attached hydrogen (secondary N) is 1. The monoisotopic (exact) mass is 140 g/mol. The molecule has 0 spiro atoms. The summed E-state index contributed by atoms with van der Waals surface area (Å²) in [7, 11) is 1.56. The molecule has 0 unspecified atom stereocenters. The highest BCUT2D eigenvalue weighted by Crippen LogP contribution is 1.98. The van der Waals surface area contributed by atoms with E-state index in [1.807, 2.05) is 0 Å². The van der Waals surface area contributed by atoms with Gasteiger partial charge in [-0.15, -0.1) is 0 Å². The summed E-state index contributed by atoms with van der Waals surface area (Å²) in [6.07, 6.45) is 0. The van der Waals surface area contributed by atoms with Crippen LogP contribution in [0.5, 0.6) is 0 Å². The standard InChI is InChI=1S/C6H8N2O2/c1-4-3-8(2)6(10)5(9)7-4/h1,3H2,2H3,(H,7,9). The van der Waals surface area contributed by atoms with E-state index in [4.69, 9.17) is 0 Å². The van der Waals surface area contributed by atoms with Gasteiger partial charge in [-0.05, 0) is 0 Å². The fourth-order valence-electron chi connectivity index (χ4n) is 0.785. The van der Waals surface area contributed by atoms with Crippen LogP contribution in [0.15, 0.2) is 12.3 Å². The molecule has 0 aromatic carbocycles. The second kappa shape index (κ2) is 2.13. The van der Waals surface area contributed by atoms with E-state index in [1.165, 1.54) is 4.90 Å². The Hall–Kier alpha value is -1.32. The highest BCUT2D eigenvalue weighted by atomic mass is 16.2. The number of hydrogen-bond acceptors (Lipinski definition) is 2. The highest BCUT2D eigenvalue weighted by molar-refractivity contribution is 6.36. The van der Waals surface area contributed by atoms with Crippen molar-refractivity contribution in [2.75, 3.05) is 13.6 Å². The number of amides is 2. The summed E-state index contributed by atoms with van der Waals surface area (Å²) < 4.78 is 0. The van der Waals surface area contributed by atoms with Crippen LogP contribution in [0.1, 0.15) is 0 Å². The van der Waals surface area contributed by atoms with Crippen LogP contribution >= 0.6 is 0 Å². The molecule has 1 aliphatic rings. The normalized spacial score (nSPS) is 19.3. The maximum atomic E-state index is 10.7. The molecule has 4 heteroatoms. The van der Waals surface area contributed by atoms with Gasteiger partial charge in [0.25, 0.3) is 0 Å². The zero-order valence-corrected chi connectivity index (χ0v) is 5.68. The maximum absolute atomic E-state index is 10.7. The van der Waals surface area contributed by atoms with E-state index in [1.54, 1.807) is 7.05 Å². The first-order valence-corrected chi connectivity index (χ1v) is 2.85. The van der Waals surface area contributed by atoms with Crippen molar-refractivity contribution in [3.63, 3.8) is 0 Å². The molecule has 0 aromatic heterocycles. The van der Waals surface area contributed by atoms with Crippen LogP contribution in [-0.2, 0) is 9.59 Å². The summed E-state index contributed by atoms with van der Waals surface area (Å²) >= 11 is 0. The molecule has 0 radical (unpaired) electrons. The van der Waals surface area contributed by atoms with Crippen LogP contribution in [0.2, 0.25) is 0 Å². The summed E-state index contributed by atoms with van der Waals surface area (Å²) in [5.74, 6) is -1.11. The molecule has 0 saturated carbocycles. The van der Waals surface area contributed by atoms with E-state index >= 15 is 0 Å². The Balaban J connectivity index is 2.76. The lowest BCUT2D eigenvalue weighted by Gasteiger charge is -2.23. The average Bonchev–Trinajstić information content (AvgIpc) is 1.82. The minimum Gasteiger partial charge on any atom is -0.332 e. The molecule has 10 heavy (non-hydrogen) atoms. The van der Waals surface area contributed by atoms with E-state index < -0.39 is 11.8 Å². The van der Waals surface area contributed by atoms with Gasteiger partial charge >= 0.3 is 11.8 Å². The molecular formula is C6H8N2O2. The molecule has 1 N–H and O–H groups in total. The summed E-state index contributed by atoms with van der Waals surface area (Å²) in [5.41, 5.74) is 0.562. The van der Waals surface area contributed by atoms with Crippen LogP contribution in [-0.4, -0.2) is 30.3 Å². The summed E-state index contributed by atoms with van der Waals surface area (Å²) in [6, 6.07) is 0. The summed E-state index contributed by atoms with van der Waals surface area (Å²) in [4.78, 5) is 22.7. The van der Waals surface area contributed by atoms with Gasteiger partial charge in [0.1, 0.15) is 0 Å². The number of likely N-dealkylation sites (N-methyl/N-ethyl adjacent to an activating group) is 1. The Morgan fingerprint density at radius 2 is 2.20 bits per heavy atom. The molecule has 0 aliphatic carbocycles. The largest absolute Gasteiger partial charge is 0.332 e. The molecule has 1 aliphatic heterocycles. The molecule has 0 aromatic rings. The summed E-state index contributed by atoms with van der Waals surface area (Å²) in [6.45, 7) is 3.93. The van der Waals surface area contributed by atoms with Gasteiger partial charge in [0, 0.05) is 12.7 Å². The van der Waals surface area contributed by atoms with Crippen LogP contribution in [0.3, 0.4) is 0 Å². The SMILES string of the molecule is C=C1CN(C)C(=O)C(=O)N1. The summed E-state index contributed by atoms with van der Waals surface area (Å²) in [5, 5.41) is 2.33. The van der Waals surface area contributed by atoms with Crippen molar-refractivity contribution in [3.05, 3.63) is 12.3 Å². The zero-order valence-electron chi connectivity index (χ0n) is 5.68. The molecule has 1 heterocycles. The highest BCUT2D eigenvalue weighted by Gasteiger charge is 2.24. The minimum atomic E-state index is -0.598. The third-order valence-electron chi connectivity index (χ3n) is 1.26. The molecule has 54 valence electrons. The first-order chi connectivity index (χ1) is 4.61. The van der Waals surface area contributed by atoms with Gasteiger partial charge in [0.05, 0.1) is 6.54 Å². The fraction of sp³-hybridized carbons (Fsp3) is 0.333. The van der Waals surface area contributed by atoms with Crippen molar-refractivity contribution in [2.24, 2.45) is 0 Å². The average molecular weight is 140 g/mol. The molecule has 0 bridgehead atoms. The number of carbonyl (C=O) groups is 2. The van der Waals surface area contributed by atoms with Crippen LogP contribution in [0.4, 0.5) is 0 Å². The lowest BCUT2D eigenvalue weighted by molar-refractivity contribution is -0.146. The lowest BCUT2D eigenvalue weighted by Crippen LogP contribution is -2.48. The smallest absolute Gasteiger partial charge is 0.313 e. The quantitative estimate of drug-likeness (QED) is 0.443. The van der Waals surface area contributed by atoms with E-state index in [0.29, 0.717) is 12.2 Å². The van der Waals surface area contributed by atoms with Crippen molar-refractivity contribution >= 4 is 11.8 Å². The maximum Gasteiger partial charge on any atom is 0.313 e. The first kappa shape index (κ1) is 6.80. The Bertz CT molecular complexity index is 210. The molecule has 1 fully saturated rings. The number of piperazine rings is 1. The minimum absolute atomic E-state index is 0.407. The van der Waals surface area contributed by atoms with Gasteiger partial charge in [-0.2, -0.15) is 0 Å². The molecule has 1 saturated heterocycles. The Kier molecular flexibility index (Phi) is 1.45. The van der Waals surface area contributed by atoms with E-state index in [2.05, 4.69) is 11.9 Å². The van der Waals surface area contributed by atoms with Gasteiger partial charge in [-0.3, -0.25) is 9.59 Å². The molecule has 2 amide bonds. The van der Waals surface area contributed by atoms with Gasteiger partial charge in [0.15, 0.2) is 0 Å². The van der Waals surface area contributed by atoms with Crippen molar-refractivity contribution in [2.45, 2.75) is 0 Å². The van der Waals surface area contributed by atoms with Gasteiger partial charge in [-0.25, -0.2) is 0 Å². The first-order valence-electron chi connectivity index (χ1n) is 2.85. The van der Waals surface area contributed by atoms with Crippen LogP contribution < -0.4 is 5.32 Å². The third-order valence-corrected chi connectivity index (χ3v) is 1.26. The van der Waals surface area contributed by atoms with E-state index in [-0.39, 0.29) is 0 Å². The number of rotatable bonds is 0. The second-order valence-electron chi connectivity index (χ2n) is 2.22. The number of carbonyl (C=O) groups excluding carboxylic acids is 2. The topological polar surface area (TPSA) is 49.4 Å². The molecular weight excluding hydrogens is 132 g/mol. The molecule has 1 rings (SSSR count). The van der Waals surface area contributed by atoms with Gasteiger partial charge in [0.2, 0.25) is 0 Å². The Morgan fingerprint density at radius 1 is 1.60 bits per heavy atom. The lowest BCUT2D eigenvalue weighted by atomic mass is 10.3. The number of nitrogens with zero attached hydrogens (tertiary/aromatic N) is 1. The van der Waals surface area contributed by atoms with Gasteiger partial charge in [-0.1, -0.05) is 6.58 Å². The molecule has 4 nitrogen and oxygen atoms in total.